The monoisotopic (exact) mass is 692 g/mol. The number of nitriles is 1. The number of halogens is 1. The number of carbonyl (C=O) groups excluding carboxylic acids is 1. The van der Waals surface area contributed by atoms with E-state index in [9.17, 15) is 4.79 Å². The molecule has 5 aromatic rings. The van der Waals surface area contributed by atoms with Crippen molar-refractivity contribution in [3.63, 3.8) is 0 Å². The van der Waals surface area contributed by atoms with Crippen molar-refractivity contribution in [2.24, 2.45) is 5.92 Å². The van der Waals surface area contributed by atoms with Crippen LogP contribution in [-0.2, 0) is 24.3 Å². The predicted octanol–water partition coefficient (Wildman–Crippen LogP) is 7.69. The van der Waals surface area contributed by atoms with Crippen molar-refractivity contribution in [3.05, 3.63) is 130 Å². The maximum absolute atomic E-state index is 13.6. The van der Waals surface area contributed by atoms with Gasteiger partial charge in [0, 0.05) is 47.7 Å². The van der Waals surface area contributed by atoms with Gasteiger partial charge < -0.3 is 20.1 Å². The molecule has 0 fully saturated rings. The average Bonchev–Trinajstić information content (AvgIpc) is 3.49. The number of hydrogen-bond donors (Lipinski definition) is 2. The fourth-order valence-electron chi connectivity index (χ4n) is 5.46. The minimum absolute atomic E-state index is 0.0668. The molecule has 0 aliphatic carbocycles. The zero-order chi connectivity index (χ0) is 32.5. The van der Waals surface area contributed by atoms with Crippen molar-refractivity contribution in [3.8, 4) is 6.07 Å². The maximum Gasteiger partial charge on any atom is 0.226 e. The maximum atomic E-state index is 13.6. The molecule has 1 amide bonds. The molecule has 0 radical (unpaired) electrons. The highest BCUT2D eigenvalue weighted by Crippen LogP contribution is 2.23. The lowest BCUT2D eigenvalue weighted by Crippen LogP contribution is -2.50. The quantitative estimate of drug-likeness (QED) is 0.130. The second-order valence-electron chi connectivity index (χ2n) is 11.5. The molecule has 0 bridgehead atoms. The summed E-state index contributed by atoms with van der Waals surface area (Å²) in [4.78, 5) is 20.1. The van der Waals surface area contributed by atoms with Gasteiger partial charge in [-0.05, 0) is 70.4 Å². The summed E-state index contributed by atoms with van der Waals surface area (Å²) in [7, 11) is 0. The summed E-state index contributed by atoms with van der Waals surface area (Å²) in [6.07, 6.45) is 4.58. The Kier molecular flexibility index (Phi) is 11.2. The summed E-state index contributed by atoms with van der Waals surface area (Å²) in [6.45, 7) is 6.00. The number of benzene rings is 4. The molecule has 4 aromatic carbocycles. The van der Waals surface area contributed by atoms with Crippen molar-refractivity contribution >= 4 is 55.6 Å². The summed E-state index contributed by atoms with van der Waals surface area (Å²) < 4.78 is 2.94. The number of carbonyl (C=O) groups is 1. The van der Waals surface area contributed by atoms with Gasteiger partial charge in [-0.15, -0.1) is 0 Å². The summed E-state index contributed by atoms with van der Waals surface area (Å²) in [5.74, 6) is 0.138. The van der Waals surface area contributed by atoms with Crippen LogP contribution in [0.2, 0.25) is 0 Å². The van der Waals surface area contributed by atoms with E-state index in [1.165, 1.54) is 10.8 Å². The Hall–Kier alpha value is -4.52. The molecule has 46 heavy (non-hydrogen) atoms. The molecule has 1 aromatic heterocycles. The number of thiocarbonyl (C=S) groups is 1. The summed E-state index contributed by atoms with van der Waals surface area (Å²) >= 11 is 9.58. The standard InChI is InChI=1S/C37H37BrN6OS/c1-3-26(2)35(42-36(45)19-33-21-40-25-44(33)22-28-16-14-27(20-39)15-17-28)24-43(37(46)41-32-12-7-11-31(38)18-32)23-30-10-6-9-29-8-4-5-13-34(29)30/h4-18,21,25-26,35H,3,19,22-24H2,1-2H3,(H,41,46)(H,42,45)/t26-,35+/m0/s1. The van der Waals surface area contributed by atoms with Crippen LogP contribution in [0.3, 0.4) is 0 Å². The third-order valence-corrected chi connectivity index (χ3v) is 9.13. The number of nitrogens with zero attached hydrogens (tertiary/aromatic N) is 4. The molecule has 0 spiro atoms. The molecule has 2 atom stereocenters. The Bertz CT molecular complexity index is 1840. The van der Waals surface area contributed by atoms with Crippen LogP contribution in [-0.4, -0.2) is 38.1 Å². The molecular formula is C37H37BrN6OS. The van der Waals surface area contributed by atoms with Crippen molar-refractivity contribution in [2.45, 2.75) is 45.8 Å². The van der Waals surface area contributed by atoms with E-state index in [0.717, 1.165) is 33.4 Å². The highest BCUT2D eigenvalue weighted by atomic mass is 79.9. The first kappa shape index (κ1) is 32.9. The molecule has 0 aliphatic heterocycles. The second kappa shape index (κ2) is 15.7. The van der Waals surface area contributed by atoms with E-state index in [4.69, 9.17) is 17.5 Å². The molecule has 1 heterocycles. The van der Waals surface area contributed by atoms with Crippen molar-refractivity contribution in [1.82, 2.24) is 19.8 Å². The van der Waals surface area contributed by atoms with Gasteiger partial charge in [-0.3, -0.25) is 4.79 Å². The average molecular weight is 694 g/mol. The summed E-state index contributed by atoms with van der Waals surface area (Å²) in [5, 5.41) is 18.8. The van der Waals surface area contributed by atoms with Crippen LogP contribution in [0.15, 0.2) is 108 Å². The van der Waals surface area contributed by atoms with E-state index in [-0.39, 0.29) is 24.3 Å². The first-order valence-corrected chi connectivity index (χ1v) is 16.6. The number of anilines is 1. The van der Waals surface area contributed by atoms with Gasteiger partial charge in [0.2, 0.25) is 5.91 Å². The summed E-state index contributed by atoms with van der Waals surface area (Å²) in [5.41, 5.74) is 4.53. The lowest BCUT2D eigenvalue weighted by Gasteiger charge is -2.33. The van der Waals surface area contributed by atoms with E-state index in [0.29, 0.717) is 30.3 Å². The highest BCUT2D eigenvalue weighted by molar-refractivity contribution is 9.10. The smallest absolute Gasteiger partial charge is 0.226 e. The van der Waals surface area contributed by atoms with Crippen LogP contribution < -0.4 is 10.6 Å². The van der Waals surface area contributed by atoms with Crippen LogP contribution in [0.25, 0.3) is 10.8 Å². The number of hydrogen-bond acceptors (Lipinski definition) is 4. The van der Waals surface area contributed by atoms with Crippen LogP contribution >= 0.6 is 28.1 Å². The molecular weight excluding hydrogens is 656 g/mol. The molecule has 2 N–H and O–H groups in total. The Labute approximate surface area is 284 Å². The van der Waals surface area contributed by atoms with Gasteiger partial charge in [0.25, 0.3) is 0 Å². The molecule has 0 saturated heterocycles. The van der Waals surface area contributed by atoms with E-state index >= 15 is 0 Å². The minimum Gasteiger partial charge on any atom is -0.351 e. The molecule has 9 heteroatoms. The Morgan fingerprint density at radius 2 is 1.83 bits per heavy atom. The number of nitrogens with one attached hydrogen (secondary N) is 2. The summed E-state index contributed by atoms with van der Waals surface area (Å²) in [6, 6.07) is 32.1. The Morgan fingerprint density at radius 1 is 1.07 bits per heavy atom. The van der Waals surface area contributed by atoms with Crippen LogP contribution in [0.4, 0.5) is 5.69 Å². The topological polar surface area (TPSA) is 86.0 Å². The van der Waals surface area contributed by atoms with E-state index in [1.54, 1.807) is 24.7 Å². The van der Waals surface area contributed by atoms with Crippen molar-refractivity contribution in [1.29, 1.82) is 5.26 Å². The molecule has 234 valence electrons. The van der Waals surface area contributed by atoms with Gasteiger partial charge in [0.05, 0.1) is 24.4 Å². The van der Waals surface area contributed by atoms with Crippen LogP contribution in [0.1, 0.15) is 42.7 Å². The predicted molar refractivity (Wildman–Crippen MR) is 192 cm³/mol. The zero-order valence-corrected chi connectivity index (χ0v) is 28.4. The van der Waals surface area contributed by atoms with E-state index in [1.807, 2.05) is 47.0 Å². The fourth-order valence-corrected chi connectivity index (χ4v) is 6.11. The Morgan fingerprint density at radius 3 is 2.59 bits per heavy atom. The third-order valence-electron chi connectivity index (χ3n) is 8.27. The number of amides is 1. The third kappa shape index (κ3) is 8.59. The van der Waals surface area contributed by atoms with Gasteiger partial charge in [0.15, 0.2) is 5.11 Å². The lowest BCUT2D eigenvalue weighted by molar-refractivity contribution is -0.121. The first-order chi connectivity index (χ1) is 22.3. The second-order valence-corrected chi connectivity index (χ2v) is 12.8. The van der Waals surface area contributed by atoms with Crippen molar-refractivity contribution < 1.29 is 4.79 Å². The van der Waals surface area contributed by atoms with E-state index in [2.05, 4.69) is 92.8 Å². The zero-order valence-electron chi connectivity index (χ0n) is 26.0. The molecule has 0 aliphatic rings. The van der Waals surface area contributed by atoms with E-state index < -0.39 is 0 Å². The molecule has 7 nitrogen and oxygen atoms in total. The van der Waals surface area contributed by atoms with Gasteiger partial charge in [-0.25, -0.2) is 4.98 Å². The number of imidazole rings is 1. The first-order valence-electron chi connectivity index (χ1n) is 15.4. The largest absolute Gasteiger partial charge is 0.351 e. The molecule has 0 saturated carbocycles. The Balaban J connectivity index is 1.35. The normalized spacial score (nSPS) is 12.2. The highest BCUT2D eigenvalue weighted by Gasteiger charge is 2.24. The number of aromatic nitrogens is 2. The van der Waals surface area contributed by atoms with Gasteiger partial charge >= 0.3 is 0 Å². The SMILES string of the molecule is CC[C@H](C)[C@@H](CN(Cc1cccc2ccccc12)C(=S)Nc1cccc(Br)c1)NC(=O)Cc1cncn1Cc1ccc(C#N)cc1. The van der Waals surface area contributed by atoms with Gasteiger partial charge in [-0.2, -0.15) is 5.26 Å². The molecule has 5 rings (SSSR count). The van der Waals surface area contributed by atoms with Crippen LogP contribution in [0.5, 0.6) is 0 Å². The minimum atomic E-state index is -0.148. The lowest BCUT2D eigenvalue weighted by atomic mass is 9.97. The number of rotatable bonds is 12. The van der Waals surface area contributed by atoms with Gasteiger partial charge in [-0.1, -0.05) is 96.9 Å². The van der Waals surface area contributed by atoms with Crippen LogP contribution in [0, 0.1) is 17.2 Å². The van der Waals surface area contributed by atoms with Crippen molar-refractivity contribution in [2.75, 3.05) is 11.9 Å². The van der Waals surface area contributed by atoms with Gasteiger partial charge in [0.1, 0.15) is 0 Å². The fraction of sp³-hybridized carbons (Fsp3) is 0.243. The number of fused-ring (bicyclic) bond motifs is 1. The molecule has 0 unspecified atom stereocenters.